The summed E-state index contributed by atoms with van der Waals surface area (Å²) in [6.45, 7) is 3.90. The summed E-state index contributed by atoms with van der Waals surface area (Å²) in [7, 11) is 0. The molecule has 6 nitrogen and oxygen atoms in total. The number of H-pyrrole nitrogens is 1. The van der Waals surface area contributed by atoms with E-state index in [4.69, 9.17) is 0 Å². The lowest BCUT2D eigenvalue weighted by Gasteiger charge is -2.08. The highest BCUT2D eigenvalue weighted by atomic mass is 79.9. The van der Waals surface area contributed by atoms with Crippen LogP contribution in [0.5, 0.6) is 0 Å². The monoisotopic (exact) mass is 355 g/mol. The van der Waals surface area contributed by atoms with E-state index in [9.17, 15) is 4.79 Å². The molecule has 2 heterocycles. The summed E-state index contributed by atoms with van der Waals surface area (Å²) in [6.07, 6.45) is 2.30. The van der Waals surface area contributed by atoms with Gasteiger partial charge in [-0.2, -0.15) is 0 Å². The first-order valence-electron chi connectivity index (χ1n) is 6.44. The lowest BCUT2D eigenvalue weighted by atomic mass is 10.4. The molecule has 1 fully saturated rings. The first-order valence-corrected chi connectivity index (χ1v) is 8.05. The Hall–Kier alpha value is -1.15. The largest absolute Gasteiger partial charge is 0.344 e. The molecular formula is C12H14BrN5OS. The molecule has 106 valence electrons. The van der Waals surface area contributed by atoms with Crippen LogP contribution in [0.15, 0.2) is 25.6 Å². The Morgan fingerprint density at radius 2 is 2.20 bits per heavy atom. The predicted octanol–water partition coefficient (Wildman–Crippen LogP) is 2.73. The molecule has 0 unspecified atom stereocenters. The molecule has 8 heteroatoms. The van der Waals surface area contributed by atoms with Gasteiger partial charge in [-0.3, -0.25) is 4.57 Å². The maximum atomic E-state index is 11.7. The van der Waals surface area contributed by atoms with Gasteiger partial charge in [0.1, 0.15) is 15.5 Å². The number of nitrogens with zero attached hydrogens (tertiary/aromatic N) is 4. The molecule has 0 bridgehead atoms. The second-order valence-electron chi connectivity index (χ2n) is 5.04. The highest BCUT2D eigenvalue weighted by Crippen LogP contribution is 2.39. The van der Waals surface area contributed by atoms with E-state index in [1.54, 1.807) is 4.57 Å². The maximum absolute atomic E-state index is 11.7. The zero-order valence-corrected chi connectivity index (χ0v) is 13.5. The van der Waals surface area contributed by atoms with Crippen LogP contribution in [-0.4, -0.2) is 24.7 Å². The van der Waals surface area contributed by atoms with Gasteiger partial charge in [-0.15, -0.1) is 5.10 Å². The Morgan fingerprint density at radius 1 is 1.45 bits per heavy atom. The molecule has 0 spiro atoms. The summed E-state index contributed by atoms with van der Waals surface area (Å²) in [5.74, 6) is 1.36. The zero-order chi connectivity index (χ0) is 14.3. The van der Waals surface area contributed by atoms with Gasteiger partial charge in [0, 0.05) is 18.0 Å². The van der Waals surface area contributed by atoms with E-state index in [0.29, 0.717) is 11.1 Å². The first kappa shape index (κ1) is 13.8. The topological polar surface area (TPSA) is 76.5 Å². The summed E-state index contributed by atoms with van der Waals surface area (Å²) < 4.78 is 2.39. The Morgan fingerprint density at radius 3 is 2.85 bits per heavy atom. The van der Waals surface area contributed by atoms with Gasteiger partial charge in [-0.1, -0.05) is 0 Å². The van der Waals surface area contributed by atoms with Crippen molar-refractivity contribution in [3.63, 3.8) is 0 Å². The molecule has 3 rings (SSSR count). The SMILES string of the molecule is CC(C)n1c(Sc2cc(Br)nc(C3CC3)n2)n[nH]c1=O. The summed E-state index contributed by atoms with van der Waals surface area (Å²) in [6, 6.07) is 1.90. The molecule has 1 saturated carbocycles. The average Bonchev–Trinajstić information content (AvgIpc) is 3.14. The number of aromatic amines is 1. The van der Waals surface area contributed by atoms with Crippen LogP contribution in [0.2, 0.25) is 0 Å². The predicted molar refractivity (Wildman–Crippen MR) is 79.1 cm³/mol. The Labute approximate surface area is 128 Å². The second-order valence-corrected chi connectivity index (χ2v) is 6.84. The lowest BCUT2D eigenvalue weighted by Crippen LogP contribution is -2.19. The normalized spacial score (nSPS) is 15.0. The Bertz CT molecular complexity index is 691. The van der Waals surface area contributed by atoms with E-state index in [0.717, 1.165) is 28.3 Å². The summed E-state index contributed by atoms with van der Waals surface area (Å²) in [5, 5.41) is 7.97. The van der Waals surface area contributed by atoms with Crippen molar-refractivity contribution in [2.24, 2.45) is 0 Å². The Kier molecular flexibility index (Phi) is 3.68. The van der Waals surface area contributed by atoms with Crippen molar-refractivity contribution in [1.82, 2.24) is 24.7 Å². The van der Waals surface area contributed by atoms with Gasteiger partial charge in [0.25, 0.3) is 0 Å². The van der Waals surface area contributed by atoms with Crippen LogP contribution in [0.3, 0.4) is 0 Å². The van der Waals surface area contributed by atoms with Crippen molar-refractivity contribution in [3.05, 3.63) is 27.0 Å². The summed E-state index contributed by atoms with van der Waals surface area (Å²) in [5.41, 5.74) is -0.196. The first-order chi connectivity index (χ1) is 9.54. The van der Waals surface area contributed by atoms with Crippen molar-refractivity contribution >= 4 is 27.7 Å². The standard InChI is InChI=1S/C12H14BrN5OS/c1-6(2)18-11(19)16-17-12(18)20-9-5-8(13)14-10(15-9)7-3-4-7/h5-7H,3-4H2,1-2H3,(H,16,19). The highest BCUT2D eigenvalue weighted by Gasteiger charge is 2.27. The fourth-order valence-electron chi connectivity index (χ4n) is 1.90. The van der Waals surface area contributed by atoms with E-state index in [1.807, 2.05) is 19.9 Å². The van der Waals surface area contributed by atoms with Crippen LogP contribution >= 0.6 is 27.7 Å². The molecule has 2 aromatic rings. The molecule has 0 radical (unpaired) electrons. The van der Waals surface area contributed by atoms with Crippen LogP contribution in [0.4, 0.5) is 0 Å². The summed E-state index contributed by atoms with van der Waals surface area (Å²) >= 11 is 4.79. The van der Waals surface area contributed by atoms with Gasteiger partial charge in [-0.25, -0.2) is 19.9 Å². The summed E-state index contributed by atoms with van der Waals surface area (Å²) in [4.78, 5) is 20.7. The number of rotatable bonds is 4. The highest BCUT2D eigenvalue weighted by molar-refractivity contribution is 9.10. The Balaban J connectivity index is 1.93. The minimum absolute atomic E-state index is 0.0527. The smallest absolute Gasteiger partial charge is 0.267 e. The van der Waals surface area contributed by atoms with E-state index >= 15 is 0 Å². The third-order valence-electron chi connectivity index (χ3n) is 3.02. The van der Waals surface area contributed by atoms with Gasteiger partial charge < -0.3 is 0 Å². The van der Waals surface area contributed by atoms with Crippen molar-refractivity contribution in [2.45, 2.75) is 48.8 Å². The number of nitrogens with one attached hydrogen (secondary N) is 1. The number of halogens is 1. The number of hydrogen-bond donors (Lipinski definition) is 1. The van der Waals surface area contributed by atoms with Crippen molar-refractivity contribution in [3.8, 4) is 0 Å². The molecular weight excluding hydrogens is 342 g/mol. The van der Waals surface area contributed by atoms with E-state index in [-0.39, 0.29) is 11.7 Å². The molecule has 0 aromatic carbocycles. The van der Waals surface area contributed by atoms with E-state index in [2.05, 4.69) is 36.1 Å². The molecule has 0 aliphatic heterocycles. The quantitative estimate of drug-likeness (QED) is 0.853. The zero-order valence-electron chi connectivity index (χ0n) is 11.1. The average molecular weight is 356 g/mol. The molecule has 1 aliphatic rings. The van der Waals surface area contributed by atoms with Crippen LogP contribution in [0.25, 0.3) is 0 Å². The molecule has 0 amide bonds. The maximum Gasteiger partial charge on any atom is 0.344 e. The molecule has 20 heavy (non-hydrogen) atoms. The van der Waals surface area contributed by atoms with Crippen molar-refractivity contribution in [1.29, 1.82) is 0 Å². The minimum Gasteiger partial charge on any atom is -0.267 e. The third kappa shape index (κ3) is 2.80. The second kappa shape index (κ2) is 5.33. The van der Waals surface area contributed by atoms with Gasteiger partial charge in [0.15, 0.2) is 5.16 Å². The molecule has 2 aromatic heterocycles. The van der Waals surface area contributed by atoms with Crippen molar-refractivity contribution < 1.29 is 0 Å². The molecule has 1 N–H and O–H groups in total. The minimum atomic E-state index is -0.196. The molecule has 1 aliphatic carbocycles. The van der Waals surface area contributed by atoms with Gasteiger partial charge >= 0.3 is 5.69 Å². The third-order valence-corrected chi connectivity index (χ3v) is 4.31. The van der Waals surface area contributed by atoms with E-state index in [1.165, 1.54) is 11.8 Å². The van der Waals surface area contributed by atoms with Crippen LogP contribution in [0, 0.1) is 0 Å². The van der Waals surface area contributed by atoms with E-state index < -0.39 is 0 Å². The fourth-order valence-corrected chi connectivity index (χ4v) is 3.43. The van der Waals surface area contributed by atoms with Crippen LogP contribution < -0.4 is 5.69 Å². The molecule has 0 atom stereocenters. The van der Waals surface area contributed by atoms with Gasteiger partial charge in [0.2, 0.25) is 0 Å². The van der Waals surface area contributed by atoms with Gasteiger partial charge in [0.05, 0.1) is 0 Å². The lowest BCUT2D eigenvalue weighted by molar-refractivity contribution is 0.534. The molecule has 0 saturated heterocycles. The number of hydrogen-bond acceptors (Lipinski definition) is 5. The van der Waals surface area contributed by atoms with Crippen LogP contribution in [0.1, 0.15) is 44.5 Å². The van der Waals surface area contributed by atoms with Gasteiger partial charge in [-0.05, 0) is 54.4 Å². The van der Waals surface area contributed by atoms with Crippen LogP contribution in [-0.2, 0) is 0 Å². The van der Waals surface area contributed by atoms with Crippen molar-refractivity contribution in [2.75, 3.05) is 0 Å². The fraction of sp³-hybridized carbons (Fsp3) is 0.500. The number of aromatic nitrogens is 5.